The van der Waals surface area contributed by atoms with Gasteiger partial charge < -0.3 is 20.7 Å². The highest BCUT2D eigenvalue weighted by Crippen LogP contribution is 1.93. The molecule has 0 bridgehead atoms. The molecule has 3 N–H and O–H groups in total. The first kappa shape index (κ1) is 24.7. The fourth-order valence-corrected chi connectivity index (χ4v) is 1.67. The summed E-state index contributed by atoms with van der Waals surface area (Å²) in [6.45, 7) is 12.7. The second-order valence-corrected chi connectivity index (χ2v) is 5.61. The van der Waals surface area contributed by atoms with E-state index in [-0.39, 0.29) is 29.9 Å². The summed E-state index contributed by atoms with van der Waals surface area (Å²) in [4.78, 5) is 16.0. The van der Waals surface area contributed by atoms with Gasteiger partial charge in [-0.05, 0) is 25.7 Å². The highest BCUT2D eigenvalue weighted by atomic mass is 127. The van der Waals surface area contributed by atoms with Crippen molar-refractivity contribution in [3.63, 3.8) is 0 Å². The quantitative estimate of drug-likeness (QED) is 0.187. The maximum absolute atomic E-state index is 11.5. The van der Waals surface area contributed by atoms with E-state index in [4.69, 9.17) is 4.74 Å². The molecule has 1 amide bonds. The lowest BCUT2D eigenvalue weighted by Gasteiger charge is -2.11. The molecular formula is C16H35IN4O2. The van der Waals surface area contributed by atoms with Gasteiger partial charge in [-0.15, -0.1) is 24.0 Å². The van der Waals surface area contributed by atoms with Crippen LogP contribution in [0, 0.1) is 5.92 Å². The monoisotopic (exact) mass is 442 g/mol. The van der Waals surface area contributed by atoms with Crippen molar-refractivity contribution in [2.45, 2.75) is 47.0 Å². The zero-order valence-electron chi connectivity index (χ0n) is 15.1. The number of rotatable bonds is 12. The van der Waals surface area contributed by atoms with Gasteiger partial charge in [0.05, 0.1) is 0 Å². The molecule has 7 heteroatoms. The lowest BCUT2D eigenvalue weighted by atomic mass is 10.2. The first-order valence-corrected chi connectivity index (χ1v) is 8.46. The summed E-state index contributed by atoms with van der Waals surface area (Å²) >= 11 is 0. The number of halogens is 1. The van der Waals surface area contributed by atoms with Gasteiger partial charge in [-0.2, -0.15) is 0 Å². The van der Waals surface area contributed by atoms with E-state index in [9.17, 15) is 4.79 Å². The topological polar surface area (TPSA) is 74.8 Å². The van der Waals surface area contributed by atoms with Crippen molar-refractivity contribution in [1.29, 1.82) is 0 Å². The van der Waals surface area contributed by atoms with Crippen molar-refractivity contribution >= 4 is 35.8 Å². The number of carbonyl (C=O) groups is 1. The highest BCUT2D eigenvalue weighted by molar-refractivity contribution is 14.0. The van der Waals surface area contributed by atoms with Crippen LogP contribution >= 0.6 is 24.0 Å². The van der Waals surface area contributed by atoms with E-state index < -0.39 is 0 Å². The minimum atomic E-state index is 0. The first-order chi connectivity index (χ1) is 10.6. The molecule has 0 spiro atoms. The molecule has 0 saturated carbocycles. The van der Waals surface area contributed by atoms with Crippen molar-refractivity contribution in [2.24, 2.45) is 10.9 Å². The molecule has 0 unspecified atom stereocenters. The zero-order chi connectivity index (χ0) is 16.6. The molecule has 0 aliphatic carbocycles. The molecule has 0 radical (unpaired) electrons. The Labute approximate surface area is 158 Å². The van der Waals surface area contributed by atoms with Crippen LogP contribution in [0.3, 0.4) is 0 Å². The Morgan fingerprint density at radius 2 is 1.87 bits per heavy atom. The maximum atomic E-state index is 11.5. The number of amides is 1. The van der Waals surface area contributed by atoms with E-state index in [0.29, 0.717) is 18.9 Å². The number of guanidine groups is 1. The number of nitrogens with one attached hydrogen (secondary N) is 3. The molecule has 0 heterocycles. The van der Waals surface area contributed by atoms with E-state index in [1.165, 1.54) is 0 Å². The van der Waals surface area contributed by atoms with Gasteiger partial charge in [-0.25, -0.2) is 0 Å². The summed E-state index contributed by atoms with van der Waals surface area (Å²) in [5.41, 5.74) is 0. The lowest BCUT2D eigenvalue weighted by molar-refractivity contribution is -0.120. The van der Waals surface area contributed by atoms with Crippen LogP contribution in [0.15, 0.2) is 4.99 Å². The van der Waals surface area contributed by atoms with Crippen LogP contribution in [0.1, 0.15) is 47.0 Å². The largest absolute Gasteiger partial charge is 0.381 e. The molecule has 0 aliphatic rings. The van der Waals surface area contributed by atoms with Gasteiger partial charge in [-0.1, -0.05) is 20.8 Å². The van der Waals surface area contributed by atoms with Gasteiger partial charge in [0.2, 0.25) is 5.91 Å². The van der Waals surface area contributed by atoms with Crippen molar-refractivity contribution in [3.8, 4) is 0 Å². The molecule has 0 fully saturated rings. The van der Waals surface area contributed by atoms with Gasteiger partial charge >= 0.3 is 0 Å². The van der Waals surface area contributed by atoms with Crippen LogP contribution in [0.4, 0.5) is 0 Å². The smallest absolute Gasteiger partial charge is 0.221 e. The molecule has 0 aromatic carbocycles. The average molecular weight is 442 g/mol. The van der Waals surface area contributed by atoms with E-state index in [1.807, 2.05) is 13.8 Å². The van der Waals surface area contributed by atoms with Crippen molar-refractivity contribution in [1.82, 2.24) is 16.0 Å². The van der Waals surface area contributed by atoms with Crippen molar-refractivity contribution < 1.29 is 9.53 Å². The standard InChI is InChI=1S/C16H34N4O2.HI/c1-5-9-18-15(21)8-11-20-16(17-6-2)19-10-7-12-22-13-14(3)4;/h14H,5-13H2,1-4H3,(H,18,21)(H2,17,19,20);1H. The summed E-state index contributed by atoms with van der Waals surface area (Å²) < 4.78 is 5.52. The summed E-state index contributed by atoms with van der Waals surface area (Å²) in [5.74, 6) is 1.41. The molecule has 23 heavy (non-hydrogen) atoms. The van der Waals surface area contributed by atoms with E-state index in [0.717, 1.165) is 51.6 Å². The fourth-order valence-electron chi connectivity index (χ4n) is 1.67. The highest BCUT2D eigenvalue weighted by Gasteiger charge is 2.01. The maximum Gasteiger partial charge on any atom is 0.221 e. The number of aliphatic imine (C=N–C) groups is 1. The van der Waals surface area contributed by atoms with Gasteiger partial charge in [0.25, 0.3) is 0 Å². The molecule has 0 aliphatic heterocycles. The molecule has 0 saturated heterocycles. The summed E-state index contributed by atoms with van der Waals surface area (Å²) in [6.07, 6.45) is 2.32. The predicted molar refractivity (Wildman–Crippen MR) is 108 cm³/mol. The Morgan fingerprint density at radius 1 is 1.13 bits per heavy atom. The molecule has 6 nitrogen and oxygen atoms in total. The summed E-state index contributed by atoms with van der Waals surface area (Å²) in [5, 5.41) is 9.21. The van der Waals surface area contributed by atoms with E-state index in [1.54, 1.807) is 0 Å². The van der Waals surface area contributed by atoms with Crippen molar-refractivity contribution in [2.75, 3.05) is 39.4 Å². The van der Waals surface area contributed by atoms with Gasteiger partial charge in [0.15, 0.2) is 5.96 Å². The first-order valence-electron chi connectivity index (χ1n) is 8.46. The van der Waals surface area contributed by atoms with E-state index >= 15 is 0 Å². The molecule has 0 rings (SSSR count). The molecular weight excluding hydrogens is 407 g/mol. The van der Waals surface area contributed by atoms with Gasteiger partial charge in [0.1, 0.15) is 0 Å². The minimum absolute atomic E-state index is 0. The second-order valence-electron chi connectivity index (χ2n) is 5.61. The van der Waals surface area contributed by atoms with E-state index in [2.05, 4.69) is 34.8 Å². The number of carbonyl (C=O) groups excluding carboxylic acids is 1. The third-order valence-corrected chi connectivity index (χ3v) is 2.73. The Hall–Kier alpha value is -0.570. The molecule has 0 atom stereocenters. The molecule has 0 aromatic rings. The van der Waals surface area contributed by atoms with Crippen molar-refractivity contribution in [3.05, 3.63) is 0 Å². The molecule has 0 aromatic heterocycles. The SMILES string of the molecule is CCCNC(=O)CCNC(=NCCCOCC(C)C)NCC.I. The van der Waals surface area contributed by atoms with Gasteiger partial charge in [-0.3, -0.25) is 9.79 Å². The average Bonchev–Trinajstić information content (AvgIpc) is 2.48. The minimum Gasteiger partial charge on any atom is -0.381 e. The molecule has 138 valence electrons. The van der Waals surface area contributed by atoms with Crippen LogP contribution in [0.2, 0.25) is 0 Å². The summed E-state index contributed by atoms with van der Waals surface area (Å²) in [6, 6.07) is 0. The number of hydrogen-bond donors (Lipinski definition) is 3. The third-order valence-electron chi connectivity index (χ3n) is 2.73. The third kappa shape index (κ3) is 17.6. The normalized spacial score (nSPS) is 11.1. The predicted octanol–water partition coefficient (Wildman–Crippen LogP) is 2.14. The van der Waals surface area contributed by atoms with Crippen LogP contribution in [-0.2, 0) is 9.53 Å². The Balaban J connectivity index is 0. The Kier molecular flexibility index (Phi) is 19.1. The number of ether oxygens (including phenoxy) is 1. The number of nitrogens with zero attached hydrogens (tertiary/aromatic N) is 1. The second kappa shape index (κ2) is 17.8. The zero-order valence-corrected chi connectivity index (χ0v) is 17.4. The summed E-state index contributed by atoms with van der Waals surface area (Å²) in [7, 11) is 0. The van der Waals surface area contributed by atoms with Crippen LogP contribution in [0.25, 0.3) is 0 Å². The van der Waals surface area contributed by atoms with Crippen LogP contribution in [-0.4, -0.2) is 51.3 Å². The van der Waals surface area contributed by atoms with Gasteiger partial charge in [0, 0.05) is 45.8 Å². The van der Waals surface area contributed by atoms with Crippen LogP contribution in [0.5, 0.6) is 0 Å². The fraction of sp³-hybridized carbons (Fsp3) is 0.875. The Bertz CT molecular complexity index is 312. The Morgan fingerprint density at radius 3 is 2.48 bits per heavy atom. The number of hydrogen-bond acceptors (Lipinski definition) is 3. The van der Waals surface area contributed by atoms with Crippen LogP contribution < -0.4 is 16.0 Å². The lowest BCUT2D eigenvalue weighted by Crippen LogP contribution is -2.39.